The van der Waals surface area contributed by atoms with Crippen molar-refractivity contribution in [1.82, 2.24) is 0 Å². The van der Waals surface area contributed by atoms with Gasteiger partial charge in [-0.15, -0.1) is 6.58 Å². The summed E-state index contributed by atoms with van der Waals surface area (Å²) in [5.41, 5.74) is -1.15. The molecule has 13 heteroatoms. The van der Waals surface area contributed by atoms with Crippen LogP contribution in [0.2, 0.25) is 0 Å². The van der Waals surface area contributed by atoms with Crippen LogP contribution in [0.1, 0.15) is 6.42 Å². The van der Waals surface area contributed by atoms with Gasteiger partial charge in [0, 0.05) is 57.8 Å². The van der Waals surface area contributed by atoms with Crippen LogP contribution in [0.5, 0.6) is 0 Å². The number of oxime groups is 1. The molecule has 0 saturated carbocycles. The number of aliphatic hydroxyl groups is 4. The number of aliphatic hydroxyl groups excluding tert-OH is 4. The van der Waals surface area contributed by atoms with Gasteiger partial charge in [0.25, 0.3) is 0 Å². The molecule has 129 valence electrons. The molecule has 0 aromatic rings. The second-order valence-electron chi connectivity index (χ2n) is 4.30. The Kier molecular flexibility index (Phi) is 11.2. The molecule has 1 saturated heterocycles. The summed E-state index contributed by atoms with van der Waals surface area (Å²) in [6, 6.07) is 0. The number of rotatable bonds is 6. The van der Waals surface area contributed by atoms with Crippen LogP contribution in [0.15, 0.2) is 17.8 Å². The molecule has 23 heavy (non-hydrogen) atoms. The normalized spacial score (nSPS) is 32.0. The standard InChI is InChI=1S/C10H17NO9S2.K/c1-2-3-6(11-20-22(16,17)18)21-10-9(15)8(14)7(13)5(4-12)19-10;/h2,5,7-10,12-15H,1,3-4H2,(H,16,17,18);. The van der Waals surface area contributed by atoms with Gasteiger partial charge in [0.15, 0.2) is 0 Å². The quantitative estimate of drug-likeness (QED) is 0.0831. The van der Waals surface area contributed by atoms with Crippen LogP contribution in [-0.2, 0) is 19.4 Å². The van der Waals surface area contributed by atoms with Crippen molar-refractivity contribution in [2.24, 2.45) is 5.16 Å². The van der Waals surface area contributed by atoms with E-state index in [9.17, 15) is 23.7 Å². The van der Waals surface area contributed by atoms with E-state index in [0.717, 1.165) is 0 Å². The summed E-state index contributed by atoms with van der Waals surface area (Å²) in [6.07, 6.45) is -4.34. The Labute approximate surface area is 179 Å². The van der Waals surface area contributed by atoms with Crippen molar-refractivity contribution in [2.45, 2.75) is 36.3 Å². The molecule has 1 aliphatic heterocycles. The molecule has 0 spiro atoms. The van der Waals surface area contributed by atoms with Crippen LogP contribution in [-0.4, -0.2) is 126 Å². The van der Waals surface area contributed by atoms with E-state index in [1.807, 2.05) is 0 Å². The Bertz CT molecular complexity index is 512. The average molecular weight is 398 g/mol. The topological polar surface area (TPSA) is 166 Å². The van der Waals surface area contributed by atoms with E-state index in [1.165, 1.54) is 6.08 Å². The van der Waals surface area contributed by atoms with Gasteiger partial charge >= 0.3 is 10.4 Å². The maximum atomic E-state index is 10.5. The third-order valence-electron chi connectivity index (χ3n) is 2.65. The Balaban J connectivity index is 0.00000484. The SMILES string of the molecule is C=CCC(=NOS(=O)(=O)O)SC1OC(CO)C(O)C(O)C1O.[K]. The maximum Gasteiger partial charge on any atom is 0.466 e. The van der Waals surface area contributed by atoms with Gasteiger partial charge in [0.2, 0.25) is 0 Å². The minimum Gasteiger partial charge on any atom is -0.394 e. The third-order valence-corrected chi connectivity index (χ3v) is 4.05. The molecule has 1 radical (unpaired) electrons. The fraction of sp³-hybridized carbons (Fsp3) is 0.700. The van der Waals surface area contributed by atoms with Gasteiger partial charge in [-0.2, -0.15) is 8.42 Å². The van der Waals surface area contributed by atoms with E-state index in [0.29, 0.717) is 11.8 Å². The predicted octanol–water partition coefficient (Wildman–Crippen LogP) is -2.15. The van der Waals surface area contributed by atoms with Crippen molar-refractivity contribution in [1.29, 1.82) is 0 Å². The van der Waals surface area contributed by atoms with Crippen LogP contribution in [0.3, 0.4) is 0 Å². The fourth-order valence-electron chi connectivity index (χ4n) is 1.62. The molecule has 5 unspecified atom stereocenters. The Morgan fingerprint density at radius 3 is 2.39 bits per heavy atom. The predicted molar refractivity (Wildman–Crippen MR) is 82.0 cm³/mol. The Hall–Kier alpha value is 0.906. The van der Waals surface area contributed by atoms with E-state index >= 15 is 0 Å². The molecule has 0 aliphatic carbocycles. The number of hydrogen-bond donors (Lipinski definition) is 5. The molecule has 0 bridgehead atoms. The molecule has 5 N–H and O–H groups in total. The maximum absolute atomic E-state index is 10.5. The van der Waals surface area contributed by atoms with Gasteiger partial charge in [0.05, 0.1) is 6.61 Å². The smallest absolute Gasteiger partial charge is 0.394 e. The van der Waals surface area contributed by atoms with Gasteiger partial charge in [-0.1, -0.05) is 23.0 Å². The second-order valence-corrected chi connectivity index (χ2v) is 6.47. The Morgan fingerprint density at radius 1 is 1.30 bits per heavy atom. The van der Waals surface area contributed by atoms with E-state index in [-0.39, 0.29) is 62.8 Å². The second kappa shape index (κ2) is 10.8. The zero-order chi connectivity index (χ0) is 16.9. The summed E-state index contributed by atoms with van der Waals surface area (Å²) in [7, 11) is -4.79. The van der Waals surface area contributed by atoms with Crippen LogP contribution < -0.4 is 0 Å². The summed E-state index contributed by atoms with van der Waals surface area (Å²) in [5.74, 6) is 0. The minimum atomic E-state index is -4.79. The number of hydrogen-bond acceptors (Lipinski definition) is 10. The minimum absolute atomic E-state index is 0. The molecule has 10 nitrogen and oxygen atoms in total. The summed E-state index contributed by atoms with van der Waals surface area (Å²) in [4.78, 5) is 0. The molecule has 1 rings (SSSR count). The zero-order valence-electron chi connectivity index (χ0n) is 12.2. The van der Waals surface area contributed by atoms with E-state index in [2.05, 4.69) is 16.0 Å². The average Bonchev–Trinajstić information content (AvgIpc) is 2.44. The first kappa shape index (κ1) is 23.9. The first-order valence-electron chi connectivity index (χ1n) is 6.00. The number of nitrogens with zero attached hydrogens (tertiary/aromatic N) is 1. The molecule has 1 fully saturated rings. The van der Waals surface area contributed by atoms with Crippen LogP contribution in [0.4, 0.5) is 0 Å². The van der Waals surface area contributed by atoms with Gasteiger partial charge in [-0.05, 0) is 0 Å². The molecule has 0 aromatic heterocycles. The molecule has 0 amide bonds. The molecule has 1 heterocycles. The summed E-state index contributed by atoms with van der Waals surface area (Å²) >= 11 is 0.688. The van der Waals surface area contributed by atoms with Gasteiger partial charge in [-0.25, -0.2) is 4.28 Å². The van der Waals surface area contributed by atoms with Crippen LogP contribution in [0.25, 0.3) is 0 Å². The van der Waals surface area contributed by atoms with Crippen molar-refractivity contribution in [3.05, 3.63) is 12.7 Å². The monoisotopic (exact) mass is 398 g/mol. The molecular weight excluding hydrogens is 381 g/mol. The number of ether oxygens (including phenoxy) is 1. The first-order chi connectivity index (χ1) is 10.2. The number of allylic oxidation sites excluding steroid dienone is 1. The molecule has 5 atom stereocenters. The Morgan fingerprint density at radius 2 is 1.91 bits per heavy atom. The largest absolute Gasteiger partial charge is 0.466 e. The van der Waals surface area contributed by atoms with E-state index < -0.39 is 46.9 Å². The number of thioether (sulfide) groups is 1. The van der Waals surface area contributed by atoms with E-state index in [1.54, 1.807) is 0 Å². The molecule has 1 aliphatic rings. The fourth-order valence-corrected chi connectivity index (χ4v) is 2.91. The van der Waals surface area contributed by atoms with Gasteiger partial charge < -0.3 is 25.2 Å². The van der Waals surface area contributed by atoms with Crippen molar-refractivity contribution >= 4 is 78.6 Å². The van der Waals surface area contributed by atoms with Crippen LogP contribution in [0, 0.1) is 0 Å². The van der Waals surface area contributed by atoms with E-state index in [4.69, 9.17) is 14.4 Å². The summed E-state index contributed by atoms with van der Waals surface area (Å²) in [5, 5.41) is 41.3. The summed E-state index contributed by atoms with van der Waals surface area (Å²) < 4.78 is 38.5. The van der Waals surface area contributed by atoms with Crippen molar-refractivity contribution < 1.29 is 42.4 Å². The first-order valence-corrected chi connectivity index (χ1v) is 8.25. The van der Waals surface area contributed by atoms with Crippen LogP contribution >= 0.6 is 11.8 Å². The van der Waals surface area contributed by atoms with Crippen molar-refractivity contribution in [3.8, 4) is 0 Å². The molecule has 0 aromatic carbocycles. The van der Waals surface area contributed by atoms with Crippen molar-refractivity contribution in [3.63, 3.8) is 0 Å². The molecular formula is C10H17KNO9S2. The zero-order valence-corrected chi connectivity index (χ0v) is 17.0. The van der Waals surface area contributed by atoms with Crippen molar-refractivity contribution in [2.75, 3.05) is 6.61 Å². The van der Waals surface area contributed by atoms with Gasteiger partial charge in [-0.3, -0.25) is 4.55 Å². The third kappa shape index (κ3) is 7.77. The van der Waals surface area contributed by atoms with Gasteiger partial charge in [0.1, 0.15) is 34.9 Å². The summed E-state index contributed by atoms with van der Waals surface area (Å²) in [6.45, 7) is 2.82.